The molecule has 0 bridgehead atoms. The van der Waals surface area contributed by atoms with Crippen molar-refractivity contribution in [3.05, 3.63) is 35.9 Å². The highest BCUT2D eigenvalue weighted by Crippen LogP contribution is 2.23. The number of nitrogens with two attached hydrogens (primary N) is 1. The average molecular weight is 391 g/mol. The highest BCUT2D eigenvalue weighted by atomic mass is 16.7. The van der Waals surface area contributed by atoms with Crippen molar-refractivity contribution in [3.63, 3.8) is 0 Å². The summed E-state index contributed by atoms with van der Waals surface area (Å²) in [5, 5.41) is 3.82. The largest absolute Gasteiger partial charge is 0.353 e. The van der Waals surface area contributed by atoms with Gasteiger partial charge < -0.3 is 20.5 Å². The molecule has 1 aliphatic rings. The molecule has 0 aromatic heterocycles. The van der Waals surface area contributed by atoms with Gasteiger partial charge in [-0.15, -0.1) is 0 Å². The minimum absolute atomic E-state index is 0.0402. The van der Waals surface area contributed by atoms with Gasteiger partial charge in [0.2, 0.25) is 0 Å². The lowest BCUT2D eigenvalue weighted by atomic mass is 9.86. The molecule has 2 rings (SSSR count). The van der Waals surface area contributed by atoms with Gasteiger partial charge in [0.05, 0.1) is 0 Å². The molecule has 2 unspecified atom stereocenters. The van der Waals surface area contributed by atoms with Crippen LogP contribution >= 0.6 is 0 Å². The Balaban J connectivity index is 1.72. The molecule has 0 radical (unpaired) electrons. The van der Waals surface area contributed by atoms with Gasteiger partial charge in [0.15, 0.2) is 6.29 Å². The lowest BCUT2D eigenvalue weighted by Gasteiger charge is -2.34. The van der Waals surface area contributed by atoms with Gasteiger partial charge in [0.1, 0.15) is 0 Å². The van der Waals surface area contributed by atoms with E-state index < -0.39 is 0 Å². The molecule has 1 saturated heterocycles. The normalized spacial score (nSPS) is 19.4. The summed E-state index contributed by atoms with van der Waals surface area (Å²) in [5.74, 6) is 0. The maximum absolute atomic E-state index is 6.29. The summed E-state index contributed by atoms with van der Waals surface area (Å²) in [4.78, 5) is 0. The van der Waals surface area contributed by atoms with Crippen LogP contribution in [0.15, 0.2) is 30.3 Å². The fourth-order valence-corrected chi connectivity index (χ4v) is 3.98. The van der Waals surface area contributed by atoms with E-state index in [2.05, 4.69) is 42.6 Å². The molecule has 1 aromatic carbocycles. The molecule has 2 atom stereocenters. The van der Waals surface area contributed by atoms with Gasteiger partial charge in [-0.25, -0.2) is 0 Å². The molecule has 0 spiro atoms. The smallest absolute Gasteiger partial charge is 0.157 e. The van der Waals surface area contributed by atoms with E-state index in [9.17, 15) is 0 Å². The van der Waals surface area contributed by atoms with Crippen LogP contribution in [0.2, 0.25) is 0 Å². The van der Waals surface area contributed by atoms with Gasteiger partial charge in [-0.2, -0.15) is 0 Å². The van der Waals surface area contributed by atoms with E-state index >= 15 is 0 Å². The zero-order valence-electron chi connectivity index (χ0n) is 18.0. The third-order valence-corrected chi connectivity index (χ3v) is 5.90. The Morgan fingerprint density at radius 1 is 1.07 bits per heavy atom. The quantitative estimate of drug-likeness (QED) is 0.406. The first-order valence-corrected chi connectivity index (χ1v) is 11.5. The first kappa shape index (κ1) is 23.3. The Labute approximate surface area is 172 Å². The Morgan fingerprint density at radius 2 is 1.86 bits per heavy atom. The van der Waals surface area contributed by atoms with Crippen molar-refractivity contribution >= 4 is 0 Å². The van der Waals surface area contributed by atoms with Crippen LogP contribution in [-0.2, 0) is 16.0 Å². The van der Waals surface area contributed by atoms with Crippen LogP contribution in [0.25, 0.3) is 0 Å². The summed E-state index contributed by atoms with van der Waals surface area (Å²) in [7, 11) is 0. The predicted molar refractivity (Wildman–Crippen MR) is 117 cm³/mol. The lowest BCUT2D eigenvalue weighted by molar-refractivity contribution is -0.162. The van der Waals surface area contributed by atoms with Crippen LogP contribution in [0.1, 0.15) is 83.1 Å². The summed E-state index contributed by atoms with van der Waals surface area (Å²) < 4.78 is 11.5. The second-order valence-electron chi connectivity index (χ2n) is 8.26. The summed E-state index contributed by atoms with van der Waals surface area (Å²) in [5.41, 5.74) is 7.67. The Morgan fingerprint density at radius 3 is 2.54 bits per heavy atom. The molecule has 0 aliphatic carbocycles. The fourth-order valence-electron chi connectivity index (χ4n) is 3.98. The fraction of sp³-hybridized carbons (Fsp3) is 0.750. The van der Waals surface area contributed by atoms with Crippen molar-refractivity contribution in [1.29, 1.82) is 0 Å². The predicted octanol–water partition coefficient (Wildman–Crippen LogP) is 5.16. The molecule has 28 heavy (non-hydrogen) atoms. The molecule has 1 aliphatic heterocycles. The lowest BCUT2D eigenvalue weighted by Crippen LogP contribution is -2.50. The van der Waals surface area contributed by atoms with Crippen molar-refractivity contribution in [2.24, 2.45) is 5.73 Å². The first-order valence-electron chi connectivity index (χ1n) is 11.5. The molecular weight excluding hydrogens is 348 g/mol. The van der Waals surface area contributed by atoms with E-state index in [1.54, 1.807) is 0 Å². The van der Waals surface area contributed by atoms with Gasteiger partial charge in [0.25, 0.3) is 0 Å². The molecule has 0 saturated carbocycles. The van der Waals surface area contributed by atoms with Crippen LogP contribution in [0, 0.1) is 0 Å². The van der Waals surface area contributed by atoms with Crippen molar-refractivity contribution in [3.8, 4) is 0 Å². The number of nitrogens with one attached hydrogen (secondary N) is 1. The molecule has 1 fully saturated rings. The third-order valence-electron chi connectivity index (χ3n) is 5.90. The Hall–Kier alpha value is -0.940. The molecular formula is C24H42N2O2. The number of ether oxygens (including phenoxy) is 2. The minimum atomic E-state index is 0.0402. The second-order valence-corrected chi connectivity index (χ2v) is 8.26. The van der Waals surface area contributed by atoms with Crippen molar-refractivity contribution in [2.45, 2.75) is 95.9 Å². The number of unbranched alkanes of at least 4 members (excludes halogenated alkanes) is 4. The van der Waals surface area contributed by atoms with Gasteiger partial charge in [-0.1, -0.05) is 69.4 Å². The van der Waals surface area contributed by atoms with Crippen LogP contribution in [0.5, 0.6) is 0 Å². The maximum atomic E-state index is 6.29. The third kappa shape index (κ3) is 9.04. The molecule has 1 heterocycles. The van der Waals surface area contributed by atoms with Crippen LogP contribution in [0.4, 0.5) is 0 Å². The zero-order chi connectivity index (χ0) is 19.9. The van der Waals surface area contributed by atoms with Crippen LogP contribution in [-0.4, -0.2) is 31.6 Å². The van der Waals surface area contributed by atoms with E-state index in [0.717, 1.165) is 45.4 Å². The molecule has 3 N–H and O–H groups in total. The summed E-state index contributed by atoms with van der Waals surface area (Å²) >= 11 is 0. The van der Waals surface area contributed by atoms with E-state index in [4.69, 9.17) is 15.2 Å². The highest BCUT2D eigenvalue weighted by Gasteiger charge is 2.26. The average Bonchev–Trinajstić information content (AvgIpc) is 2.75. The van der Waals surface area contributed by atoms with Crippen molar-refractivity contribution < 1.29 is 9.47 Å². The van der Waals surface area contributed by atoms with Gasteiger partial charge in [-0.3, -0.25) is 0 Å². The molecule has 4 heteroatoms. The summed E-state index contributed by atoms with van der Waals surface area (Å²) in [6, 6.07) is 10.7. The summed E-state index contributed by atoms with van der Waals surface area (Å²) in [6.45, 7) is 5.53. The van der Waals surface area contributed by atoms with E-state index in [0.29, 0.717) is 6.54 Å². The second kappa shape index (κ2) is 14.1. The molecule has 4 nitrogen and oxygen atoms in total. The van der Waals surface area contributed by atoms with Gasteiger partial charge in [-0.05, 0) is 44.1 Å². The van der Waals surface area contributed by atoms with Gasteiger partial charge >= 0.3 is 0 Å². The van der Waals surface area contributed by atoms with Crippen LogP contribution < -0.4 is 11.1 Å². The molecule has 160 valence electrons. The minimum Gasteiger partial charge on any atom is -0.353 e. The Bertz CT molecular complexity index is 491. The number of hydrogen-bond donors (Lipinski definition) is 2. The first-order chi connectivity index (χ1) is 13.8. The summed E-state index contributed by atoms with van der Waals surface area (Å²) in [6.07, 6.45) is 13.1. The Kier molecular flexibility index (Phi) is 11.8. The van der Waals surface area contributed by atoms with Crippen LogP contribution in [0.3, 0.4) is 0 Å². The van der Waals surface area contributed by atoms with Crippen molar-refractivity contribution in [2.75, 3.05) is 19.8 Å². The maximum Gasteiger partial charge on any atom is 0.157 e. The number of hydrogen-bond acceptors (Lipinski definition) is 4. The molecule has 1 aromatic rings. The van der Waals surface area contributed by atoms with Gasteiger partial charge in [0, 0.05) is 31.8 Å². The number of benzene rings is 1. The van der Waals surface area contributed by atoms with E-state index in [1.165, 1.54) is 50.5 Å². The topological polar surface area (TPSA) is 56.5 Å². The SMILES string of the molecule is CCCCCC(CN)(CCCCCOC1CCCCO1)NCc1ccccc1. The standard InChI is InChI=1S/C24H42N2O2/c1-2-3-9-16-24(21-25,26-20-22-13-6-4-7-14-22)17-10-5-11-18-27-23-15-8-12-19-28-23/h4,6-7,13-14,23,26H,2-3,5,8-12,15-21,25H2,1H3. The van der Waals surface area contributed by atoms with E-state index in [1.807, 2.05) is 0 Å². The molecule has 0 amide bonds. The zero-order valence-corrected chi connectivity index (χ0v) is 18.0. The monoisotopic (exact) mass is 390 g/mol. The number of rotatable bonds is 15. The van der Waals surface area contributed by atoms with E-state index in [-0.39, 0.29) is 11.8 Å². The van der Waals surface area contributed by atoms with Crippen molar-refractivity contribution in [1.82, 2.24) is 5.32 Å². The highest BCUT2D eigenvalue weighted by molar-refractivity contribution is 5.14.